The topological polar surface area (TPSA) is 44.1 Å². The molecule has 0 amide bonds. The lowest BCUT2D eigenvalue weighted by atomic mass is 10.0. The van der Waals surface area contributed by atoms with Crippen LogP contribution in [0.15, 0.2) is 71.5 Å². The van der Waals surface area contributed by atoms with Crippen molar-refractivity contribution in [2.75, 3.05) is 6.61 Å². The van der Waals surface area contributed by atoms with Gasteiger partial charge in [0.05, 0.1) is 17.5 Å². The molecule has 1 aromatic heterocycles. The molecule has 0 bridgehead atoms. The summed E-state index contributed by atoms with van der Waals surface area (Å²) in [4.78, 5) is 18.1. The van der Waals surface area contributed by atoms with Crippen molar-refractivity contribution in [2.45, 2.75) is 52.5 Å². The zero-order valence-electron chi connectivity index (χ0n) is 20.1. The van der Waals surface area contributed by atoms with Gasteiger partial charge in [-0.2, -0.15) is 0 Å². The Balaban J connectivity index is 1.45. The number of nitrogens with zero attached hydrogens (tertiary/aromatic N) is 2. The van der Waals surface area contributed by atoms with E-state index in [1.165, 1.54) is 11.1 Å². The van der Waals surface area contributed by atoms with Crippen molar-refractivity contribution in [3.05, 3.63) is 93.2 Å². The minimum Gasteiger partial charge on any atom is -0.493 e. The fourth-order valence-electron chi connectivity index (χ4n) is 4.17. The summed E-state index contributed by atoms with van der Waals surface area (Å²) < 4.78 is 7.92. The second-order valence-corrected chi connectivity index (χ2v) is 9.46. The van der Waals surface area contributed by atoms with Gasteiger partial charge < -0.3 is 4.74 Å². The highest BCUT2D eigenvalue weighted by Crippen LogP contribution is 2.28. The molecular formula is C29H31ClN2O2. The van der Waals surface area contributed by atoms with Gasteiger partial charge in [-0.25, -0.2) is 4.98 Å². The number of para-hydroxylation sites is 1. The van der Waals surface area contributed by atoms with E-state index in [9.17, 15) is 4.79 Å². The van der Waals surface area contributed by atoms with E-state index in [4.69, 9.17) is 21.3 Å². The summed E-state index contributed by atoms with van der Waals surface area (Å²) in [6.07, 6.45) is 2.76. The van der Waals surface area contributed by atoms with Crippen molar-refractivity contribution in [3.8, 4) is 17.1 Å². The number of rotatable bonds is 9. The SMILES string of the molecule is Cc1ccc(C(C)C)c(OCCCCCn2c(-c3ccc(Cl)cc3)nc3ccccc3c2=O)c1. The van der Waals surface area contributed by atoms with Crippen molar-refractivity contribution in [3.63, 3.8) is 0 Å². The Bertz CT molecular complexity index is 1330. The van der Waals surface area contributed by atoms with Gasteiger partial charge in [0.15, 0.2) is 0 Å². The standard InChI is InChI=1S/C29H31ClN2O2/c1-20(2)24-16-11-21(3)19-27(24)34-18-8-4-7-17-32-28(22-12-14-23(30)15-13-22)31-26-10-6-5-9-25(26)29(32)33/h5-6,9-16,19-20H,4,7-8,17-18H2,1-3H3. The van der Waals surface area contributed by atoms with Crippen molar-refractivity contribution in [2.24, 2.45) is 0 Å². The van der Waals surface area contributed by atoms with Gasteiger partial charge in [-0.15, -0.1) is 0 Å². The predicted molar refractivity (Wildman–Crippen MR) is 141 cm³/mol. The van der Waals surface area contributed by atoms with Gasteiger partial charge in [0.25, 0.3) is 5.56 Å². The van der Waals surface area contributed by atoms with Crippen LogP contribution in [0.5, 0.6) is 5.75 Å². The highest BCUT2D eigenvalue weighted by atomic mass is 35.5. The smallest absolute Gasteiger partial charge is 0.261 e. The largest absolute Gasteiger partial charge is 0.493 e. The van der Waals surface area contributed by atoms with Gasteiger partial charge in [0.2, 0.25) is 0 Å². The van der Waals surface area contributed by atoms with Crippen LogP contribution < -0.4 is 10.3 Å². The number of fused-ring (bicyclic) bond motifs is 1. The van der Waals surface area contributed by atoms with Crippen LogP contribution >= 0.6 is 11.6 Å². The van der Waals surface area contributed by atoms with Crippen LogP contribution in [0.4, 0.5) is 0 Å². The predicted octanol–water partition coefficient (Wildman–Crippen LogP) is 7.40. The number of benzene rings is 3. The maximum atomic E-state index is 13.3. The Morgan fingerprint density at radius 1 is 0.971 bits per heavy atom. The monoisotopic (exact) mass is 474 g/mol. The molecule has 4 rings (SSSR count). The molecule has 5 heteroatoms. The van der Waals surface area contributed by atoms with E-state index in [-0.39, 0.29) is 5.56 Å². The molecule has 0 radical (unpaired) electrons. The van der Waals surface area contributed by atoms with Crippen molar-refractivity contribution in [1.29, 1.82) is 0 Å². The van der Waals surface area contributed by atoms with Crippen molar-refractivity contribution in [1.82, 2.24) is 9.55 Å². The molecule has 0 aliphatic heterocycles. The maximum Gasteiger partial charge on any atom is 0.261 e. The second kappa shape index (κ2) is 10.9. The molecule has 0 fully saturated rings. The van der Waals surface area contributed by atoms with Gasteiger partial charge >= 0.3 is 0 Å². The Morgan fingerprint density at radius 3 is 2.50 bits per heavy atom. The summed E-state index contributed by atoms with van der Waals surface area (Å²) in [5.41, 5.74) is 4.04. The van der Waals surface area contributed by atoms with Crippen LogP contribution in [0.25, 0.3) is 22.3 Å². The molecule has 0 unspecified atom stereocenters. The summed E-state index contributed by atoms with van der Waals surface area (Å²) >= 11 is 6.08. The second-order valence-electron chi connectivity index (χ2n) is 9.02. The average molecular weight is 475 g/mol. The van der Waals surface area contributed by atoms with Crippen LogP contribution in [0.2, 0.25) is 5.02 Å². The fraction of sp³-hybridized carbons (Fsp3) is 0.310. The quantitative estimate of drug-likeness (QED) is 0.237. The number of aromatic nitrogens is 2. The molecule has 0 aliphatic rings. The first-order chi connectivity index (χ1) is 16.4. The number of aryl methyl sites for hydroxylation is 1. The third-order valence-corrected chi connectivity index (χ3v) is 6.29. The zero-order valence-corrected chi connectivity index (χ0v) is 20.8. The van der Waals surface area contributed by atoms with E-state index in [1.807, 2.05) is 48.5 Å². The fourth-order valence-corrected chi connectivity index (χ4v) is 4.30. The van der Waals surface area contributed by atoms with E-state index in [0.717, 1.165) is 30.6 Å². The summed E-state index contributed by atoms with van der Waals surface area (Å²) in [7, 11) is 0. The maximum absolute atomic E-state index is 13.3. The van der Waals surface area contributed by atoms with Crippen molar-refractivity contribution < 1.29 is 4.74 Å². The number of hydrogen-bond donors (Lipinski definition) is 0. The van der Waals surface area contributed by atoms with Gasteiger partial charge in [-0.05, 0) is 85.7 Å². The number of unbranched alkanes of at least 4 members (excludes halogenated alkanes) is 2. The van der Waals surface area contributed by atoms with Gasteiger partial charge in [-0.1, -0.05) is 49.7 Å². The molecule has 34 heavy (non-hydrogen) atoms. The number of halogens is 1. The first-order valence-electron chi connectivity index (χ1n) is 11.9. The van der Waals surface area contributed by atoms with Gasteiger partial charge in [0.1, 0.15) is 11.6 Å². The van der Waals surface area contributed by atoms with Crippen LogP contribution in [0.3, 0.4) is 0 Å². The molecule has 176 valence electrons. The van der Waals surface area contributed by atoms with Crippen LogP contribution in [0.1, 0.15) is 50.2 Å². The lowest BCUT2D eigenvalue weighted by Gasteiger charge is -2.15. The molecule has 3 aromatic carbocycles. The molecule has 0 saturated carbocycles. The molecule has 0 aliphatic carbocycles. The minimum absolute atomic E-state index is 0.00636. The van der Waals surface area contributed by atoms with E-state index in [1.54, 1.807) is 4.57 Å². The highest BCUT2D eigenvalue weighted by molar-refractivity contribution is 6.30. The van der Waals surface area contributed by atoms with Crippen LogP contribution in [0, 0.1) is 6.92 Å². The molecule has 0 atom stereocenters. The summed E-state index contributed by atoms with van der Waals surface area (Å²) in [6, 6.07) is 21.4. The Hall–Kier alpha value is -3.11. The van der Waals surface area contributed by atoms with Gasteiger partial charge in [-0.3, -0.25) is 9.36 Å². The normalized spacial score (nSPS) is 11.3. The Kier molecular flexibility index (Phi) is 7.69. The van der Waals surface area contributed by atoms with E-state index >= 15 is 0 Å². The molecule has 0 spiro atoms. The first-order valence-corrected chi connectivity index (χ1v) is 12.3. The summed E-state index contributed by atoms with van der Waals surface area (Å²) in [5, 5.41) is 1.30. The third-order valence-electron chi connectivity index (χ3n) is 6.04. The Morgan fingerprint density at radius 2 is 1.74 bits per heavy atom. The highest BCUT2D eigenvalue weighted by Gasteiger charge is 2.13. The van der Waals surface area contributed by atoms with E-state index in [0.29, 0.717) is 40.8 Å². The molecule has 1 heterocycles. The molecule has 0 saturated heterocycles. The number of ether oxygens (including phenoxy) is 1. The lowest BCUT2D eigenvalue weighted by Crippen LogP contribution is -2.23. The van der Waals surface area contributed by atoms with Crippen molar-refractivity contribution >= 4 is 22.5 Å². The molecule has 4 nitrogen and oxygen atoms in total. The van der Waals surface area contributed by atoms with Gasteiger partial charge in [0, 0.05) is 17.1 Å². The Labute approximate surface area is 206 Å². The zero-order chi connectivity index (χ0) is 24.1. The summed E-state index contributed by atoms with van der Waals surface area (Å²) in [6.45, 7) is 7.73. The van der Waals surface area contributed by atoms with Crippen LogP contribution in [-0.2, 0) is 6.54 Å². The lowest BCUT2D eigenvalue weighted by molar-refractivity contribution is 0.299. The average Bonchev–Trinajstić information content (AvgIpc) is 2.82. The molecule has 0 N–H and O–H groups in total. The first kappa shape index (κ1) is 24.0. The van der Waals surface area contributed by atoms with E-state index < -0.39 is 0 Å². The minimum atomic E-state index is -0.00636. The molecule has 4 aromatic rings. The molecular weight excluding hydrogens is 444 g/mol. The van der Waals surface area contributed by atoms with E-state index in [2.05, 4.69) is 39.0 Å². The third kappa shape index (κ3) is 5.51. The summed E-state index contributed by atoms with van der Waals surface area (Å²) in [5.74, 6) is 2.09. The van der Waals surface area contributed by atoms with Crippen LogP contribution in [-0.4, -0.2) is 16.2 Å². The number of hydrogen-bond acceptors (Lipinski definition) is 3.